The summed E-state index contributed by atoms with van der Waals surface area (Å²) in [5.41, 5.74) is 8.26. The lowest BCUT2D eigenvalue weighted by Crippen LogP contribution is -2.34. The van der Waals surface area contributed by atoms with Gasteiger partial charge in [-0.3, -0.25) is 0 Å². The molecule has 0 atom stereocenters. The summed E-state index contributed by atoms with van der Waals surface area (Å²) < 4.78 is 2.13. The number of aromatic nitrogens is 2. The minimum absolute atomic E-state index is 0. The molecule has 0 spiro atoms. The molecule has 2 rings (SSSR count). The van der Waals surface area contributed by atoms with E-state index in [1.807, 2.05) is 19.3 Å². The Labute approximate surface area is 155 Å². The zero-order valence-corrected chi connectivity index (χ0v) is 16.3. The molecule has 0 aliphatic carbocycles. The van der Waals surface area contributed by atoms with E-state index in [2.05, 4.69) is 58.0 Å². The van der Waals surface area contributed by atoms with Gasteiger partial charge < -0.3 is 15.6 Å². The van der Waals surface area contributed by atoms with Gasteiger partial charge >= 0.3 is 0 Å². The Balaban J connectivity index is 0.00000264. The minimum Gasteiger partial charge on any atom is -0.370 e. The topological polar surface area (TPSA) is 68.2 Å². The number of nitrogens with one attached hydrogen (secondary N) is 1. The molecule has 23 heavy (non-hydrogen) atoms. The Morgan fingerprint density at radius 1 is 1.35 bits per heavy atom. The van der Waals surface area contributed by atoms with Crippen LogP contribution in [0, 0.1) is 12.8 Å². The molecule has 1 aromatic heterocycles. The van der Waals surface area contributed by atoms with Crippen LogP contribution in [0.1, 0.15) is 30.8 Å². The maximum atomic E-state index is 5.86. The fraction of sp³-hybridized carbons (Fsp3) is 0.412. The van der Waals surface area contributed by atoms with Crippen molar-refractivity contribution in [3.63, 3.8) is 0 Å². The van der Waals surface area contributed by atoms with Crippen LogP contribution in [0.5, 0.6) is 0 Å². The van der Waals surface area contributed by atoms with E-state index in [4.69, 9.17) is 5.73 Å². The molecule has 6 heteroatoms. The van der Waals surface area contributed by atoms with Gasteiger partial charge in [-0.15, -0.1) is 24.0 Å². The molecule has 0 saturated carbocycles. The van der Waals surface area contributed by atoms with Crippen molar-refractivity contribution in [3.05, 3.63) is 53.6 Å². The van der Waals surface area contributed by atoms with E-state index < -0.39 is 0 Å². The van der Waals surface area contributed by atoms with Gasteiger partial charge in [0.15, 0.2) is 5.96 Å². The fourth-order valence-corrected chi connectivity index (χ4v) is 2.13. The van der Waals surface area contributed by atoms with Gasteiger partial charge in [0.05, 0.1) is 6.54 Å². The summed E-state index contributed by atoms with van der Waals surface area (Å²) in [7, 11) is 0. The van der Waals surface area contributed by atoms with Crippen molar-refractivity contribution in [1.29, 1.82) is 0 Å². The van der Waals surface area contributed by atoms with Crippen LogP contribution in [0.3, 0.4) is 0 Å². The monoisotopic (exact) mass is 427 g/mol. The van der Waals surface area contributed by atoms with Crippen LogP contribution in [0.25, 0.3) is 0 Å². The SMILES string of the molecule is Cc1nccn1Cc1cccc(CN=C(N)NCC(C)C)c1.I. The molecule has 0 amide bonds. The lowest BCUT2D eigenvalue weighted by atomic mass is 10.1. The Kier molecular flexibility index (Phi) is 8.08. The molecule has 0 unspecified atom stereocenters. The predicted molar refractivity (Wildman–Crippen MR) is 106 cm³/mol. The number of hydrogen-bond donors (Lipinski definition) is 2. The van der Waals surface area contributed by atoms with Crippen molar-refractivity contribution in [2.75, 3.05) is 6.54 Å². The third-order valence-corrected chi connectivity index (χ3v) is 3.39. The first-order valence-electron chi connectivity index (χ1n) is 7.64. The molecule has 0 bridgehead atoms. The van der Waals surface area contributed by atoms with E-state index in [9.17, 15) is 0 Å². The Morgan fingerprint density at radius 2 is 2.09 bits per heavy atom. The molecule has 1 heterocycles. The number of aliphatic imine (C=N–C) groups is 1. The summed E-state index contributed by atoms with van der Waals surface area (Å²) >= 11 is 0. The highest BCUT2D eigenvalue weighted by Gasteiger charge is 2.01. The average Bonchev–Trinajstić information content (AvgIpc) is 2.88. The van der Waals surface area contributed by atoms with E-state index in [1.54, 1.807) is 0 Å². The van der Waals surface area contributed by atoms with Crippen molar-refractivity contribution in [2.45, 2.75) is 33.9 Å². The van der Waals surface area contributed by atoms with Gasteiger partial charge in [0.2, 0.25) is 0 Å². The number of aryl methyl sites for hydroxylation is 1. The number of nitrogens with two attached hydrogens (primary N) is 1. The minimum atomic E-state index is 0. The van der Waals surface area contributed by atoms with Crippen molar-refractivity contribution >= 4 is 29.9 Å². The highest BCUT2D eigenvalue weighted by Crippen LogP contribution is 2.09. The lowest BCUT2D eigenvalue weighted by molar-refractivity contribution is 0.622. The summed E-state index contributed by atoms with van der Waals surface area (Å²) in [4.78, 5) is 8.63. The molecular formula is C17H26IN5. The van der Waals surface area contributed by atoms with E-state index in [-0.39, 0.29) is 24.0 Å². The first-order valence-corrected chi connectivity index (χ1v) is 7.64. The molecule has 0 aliphatic heterocycles. The summed E-state index contributed by atoms with van der Waals surface area (Å²) in [6, 6.07) is 8.42. The fourth-order valence-electron chi connectivity index (χ4n) is 2.13. The van der Waals surface area contributed by atoms with Gasteiger partial charge in [-0.05, 0) is 24.0 Å². The first-order chi connectivity index (χ1) is 10.5. The smallest absolute Gasteiger partial charge is 0.188 e. The van der Waals surface area contributed by atoms with Crippen molar-refractivity contribution in [1.82, 2.24) is 14.9 Å². The Morgan fingerprint density at radius 3 is 2.74 bits per heavy atom. The standard InChI is InChI=1S/C17H25N5.HI/c1-13(2)10-20-17(18)21-11-15-5-4-6-16(9-15)12-22-8-7-19-14(22)3;/h4-9,13H,10-12H2,1-3H3,(H3,18,20,21);1H. The van der Waals surface area contributed by atoms with Crippen LogP contribution in [0.2, 0.25) is 0 Å². The summed E-state index contributed by atoms with van der Waals surface area (Å²) in [6.45, 7) is 8.55. The number of imidazole rings is 1. The second-order valence-corrected chi connectivity index (χ2v) is 5.90. The molecule has 126 valence electrons. The third-order valence-electron chi connectivity index (χ3n) is 3.39. The second kappa shape index (κ2) is 9.54. The van der Waals surface area contributed by atoms with Crippen molar-refractivity contribution < 1.29 is 0 Å². The summed E-state index contributed by atoms with van der Waals surface area (Å²) in [6.07, 6.45) is 3.82. The number of hydrogen-bond acceptors (Lipinski definition) is 2. The summed E-state index contributed by atoms with van der Waals surface area (Å²) in [5, 5.41) is 3.13. The third kappa shape index (κ3) is 6.60. The molecule has 0 aliphatic rings. The Bertz CT molecular complexity index is 633. The summed E-state index contributed by atoms with van der Waals surface area (Å²) in [5.74, 6) is 2.07. The normalized spacial score (nSPS) is 11.4. The second-order valence-electron chi connectivity index (χ2n) is 5.90. The molecular weight excluding hydrogens is 401 g/mol. The number of halogens is 1. The molecule has 2 aromatic rings. The average molecular weight is 427 g/mol. The quantitative estimate of drug-likeness (QED) is 0.423. The van der Waals surface area contributed by atoms with Crippen molar-refractivity contribution in [2.24, 2.45) is 16.6 Å². The molecule has 1 aromatic carbocycles. The van der Waals surface area contributed by atoms with Crippen LogP contribution < -0.4 is 11.1 Å². The predicted octanol–water partition coefficient (Wildman–Crippen LogP) is 2.92. The van der Waals surface area contributed by atoms with E-state index in [0.717, 1.165) is 24.5 Å². The van der Waals surface area contributed by atoms with Gasteiger partial charge in [-0.25, -0.2) is 9.98 Å². The van der Waals surface area contributed by atoms with E-state index in [1.165, 1.54) is 5.56 Å². The molecule has 0 radical (unpaired) electrons. The molecule has 5 nitrogen and oxygen atoms in total. The van der Waals surface area contributed by atoms with Crippen molar-refractivity contribution in [3.8, 4) is 0 Å². The molecule has 3 N–H and O–H groups in total. The lowest BCUT2D eigenvalue weighted by Gasteiger charge is -2.09. The number of rotatable bonds is 6. The highest BCUT2D eigenvalue weighted by atomic mass is 127. The van der Waals surface area contributed by atoms with Gasteiger partial charge in [-0.2, -0.15) is 0 Å². The maximum Gasteiger partial charge on any atom is 0.188 e. The zero-order chi connectivity index (χ0) is 15.9. The van der Waals surface area contributed by atoms with Crippen LogP contribution in [-0.4, -0.2) is 22.1 Å². The highest BCUT2D eigenvalue weighted by molar-refractivity contribution is 14.0. The zero-order valence-electron chi connectivity index (χ0n) is 14.0. The van der Waals surface area contributed by atoms with E-state index in [0.29, 0.717) is 18.4 Å². The van der Waals surface area contributed by atoms with Crippen LogP contribution in [0.15, 0.2) is 41.7 Å². The maximum absolute atomic E-state index is 5.86. The number of benzene rings is 1. The van der Waals surface area contributed by atoms with Crippen LogP contribution in [0.4, 0.5) is 0 Å². The molecule has 0 saturated heterocycles. The van der Waals surface area contributed by atoms with Gasteiger partial charge in [0.25, 0.3) is 0 Å². The van der Waals surface area contributed by atoms with Gasteiger partial charge in [0.1, 0.15) is 5.82 Å². The Hall–Kier alpha value is -1.57. The number of nitrogens with zero attached hydrogens (tertiary/aromatic N) is 3. The van der Waals surface area contributed by atoms with Crippen LogP contribution in [-0.2, 0) is 13.1 Å². The van der Waals surface area contributed by atoms with E-state index >= 15 is 0 Å². The first kappa shape index (κ1) is 19.5. The largest absolute Gasteiger partial charge is 0.370 e. The van der Waals surface area contributed by atoms with Gasteiger partial charge in [0, 0.05) is 25.5 Å². The number of guanidine groups is 1. The van der Waals surface area contributed by atoms with Crippen LogP contribution >= 0.6 is 24.0 Å². The molecule has 0 fully saturated rings. The van der Waals surface area contributed by atoms with Gasteiger partial charge in [-0.1, -0.05) is 38.1 Å².